The number of rotatable bonds is 4. The number of aromatic hydroxyl groups is 1. The summed E-state index contributed by atoms with van der Waals surface area (Å²) in [5, 5.41) is 28.5. The minimum atomic E-state index is -1.04. The van der Waals surface area contributed by atoms with E-state index >= 15 is 0 Å². The molecule has 1 atom stereocenters. The fraction of sp³-hybridized carbons (Fsp3) is 0.200. The van der Waals surface area contributed by atoms with Crippen LogP contribution in [0.3, 0.4) is 0 Å². The van der Waals surface area contributed by atoms with Gasteiger partial charge in [-0.15, -0.1) is 15.0 Å². The number of phenols is 1. The van der Waals surface area contributed by atoms with Crippen molar-refractivity contribution in [2.45, 2.75) is 13.2 Å². The third-order valence-corrected chi connectivity index (χ3v) is 3.11. The SMILES string of the molecule is CCOC(O)c1ccc(O)c(-n2nc3ccccc3n2)c1. The Morgan fingerprint density at radius 2 is 1.81 bits per heavy atom. The normalized spacial score (nSPS) is 12.7. The highest BCUT2D eigenvalue weighted by atomic mass is 16.6. The molecule has 108 valence electrons. The number of nitrogens with zero attached hydrogens (tertiary/aromatic N) is 3. The number of aromatic nitrogens is 3. The molecule has 0 amide bonds. The monoisotopic (exact) mass is 285 g/mol. The van der Waals surface area contributed by atoms with Crippen molar-refractivity contribution in [3.05, 3.63) is 48.0 Å². The lowest BCUT2D eigenvalue weighted by Crippen LogP contribution is -2.05. The molecular weight excluding hydrogens is 270 g/mol. The van der Waals surface area contributed by atoms with Crippen LogP contribution in [0.5, 0.6) is 5.75 Å². The first kappa shape index (κ1) is 13.5. The van der Waals surface area contributed by atoms with E-state index in [4.69, 9.17) is 4.74 Å². The summed E-state index contributed by atoms with van der Waals surface area (Å²) in [6, 6.07) is 12.1. The van der Waals surface area contributed by atoms with Gasteiger partial charge in [-0.3, -0.25) is 0 Å². The molecule has 2 aromatic carbocycles. The Labute approximate surface area is 121 Å². The lowest BCUT2D eigenvalue weighted by Gasteiger charge is -2.12. The molecule has 6 nitrogen and oxygen atoms in total. The number of aliphatic hydroxyl groups excluding tert-OH is 1. The number of benzene rings is 2. The van der Waals surface area contributed by atoms with Crippen LogP contribution in [0, 0.1) is 0 Å². The van der Waals surface area contributed by atoms with Crippen molar-refractivity contribution >= 4 is 11.0 Å². The highest BCUT2D eigenvalue weighted by Crippen LogP contribution is 2.26. The second-order valence-electron chi connectivity index (χ2n) is 4.53. The van der Waals surface area contributed by atoms with Crippen LogP contribution in [-0.4, -0.2) is 31.8 Å². The van der Waals surface area contributed by atoms with Crippen molar-refractivity contribution in [2.24, 2.45) is 0 Å². The molecule has 1 unspecified atom stereocenters. The molecule has 2 N–H and O–H groups in total. The fourth-order valence-corrected chi connectivity index (χ4v) is 2.08. The van der Waals surface area contributed by atoms with Crippen molar-refractivity contribution in [2.75, 3.05) is 6.61 Å². The molecule has 1 aromatic heterocycles. The molecule has 0 saturated carbocycles. The van der Waals surface area contributed by atoms with Gasteiger partial charge in [-0.1, -0.05) is 18.2 Å². The van der Waals surface area contributed by atoms with Crippen molar-refractivity contribution < 1.29 is 14.9 Å². The summed E-state index contributed by atoms with van der Waals surface area (Å²) in [7, 11) is 0. The van der Waals surface area contributed by atoms with Gasteiger partial charge in [-0.05, 0) is 31.2 Å². The number of aliphatic hydroxyl groups is 1. The van der Waals surface area contributed by atoms with E-state index in [0.717, 1.165) is 11.0 Å². The molecule has 0 radical (unpaired) electrons. The molecular formula is C15H15N3O3. The molecule has 3 rings (SSSR count). The fourth-order valence-electron chi connectivity index (χ4n) is 2.08. The first-order valence-corrected chi connectivity index (χ1v) is 6.64. The summed E-state index contributed by atoms with van der Waals surface area (Å²) in [5.74, 6) is 0.0303. The van der Waals surface area contributed by atoms with Gasteiger partial charge in [-0.25, -0.2) is 0 Å². The molecule has 3 aromatic rings. The van der Waals surface area contributed by atoms with Crippen molar-refractivity contribution in [3.63, 3.8) is 0 Å². The third kappa shape index (κ3) is 2.58. The van der Waals surface area contributed by atoms with E-state index in [1.165, 1.54) is 10.9 Å². The zero-order valence-electron chi connectivity index (χ0n) is 11.5. The van der Waals surface area contributed by atoms with Crippen LogP contribution in [0.1, 0.15) is 18.8 Å². The van der Waals surface area contributed by atoms with Gasteiger partial charge in [0.15, 0.2) is 6.29 Å². The highest BCUT2D eigenvalue weighted by molar-refractivity contribution is 5.73. The topological polar surface area (TPSA) is 80.4 Å². The van der Waals surface area contributed by atoms with E-state index in [1.807, 2.05) is 24.3 Å². The van der Waals surface area contributed by atoms with Crippen molar-refractivity contribution in [1.82, 2.24) is 15.0 Å². The predicted molar refractivity (Wildman–Crippen MR) is 77.1 cm³/mol. The molecule has 6 heteroatoms. The van der Waals surface area contributed by atoms with E-state index in [0.29, 0.717) is 17.9 Å². The van der Waals surface area contributed by atoms with Gasteiger partial charge in [0.25, 0.3) is 0 Å². The first-order chi connectivity index (χ1) is 10.2. The molecule has 21 heavy (non-hydrogen) atoms. The van der Waals surface area contributed by atoms with Gasteiger partial charge in [0.05, 0.1) is 0 Å². The number of phenolic OH excluding ortho intramolecular Hbond substituents is 1. The molecule has 0 bridgehead atoms. The van der Waals surface area contributed by atoms with Gasteiger partial charge in [0.2, 0.25) is 0 Å². The zero-order valence-corrected chi connectivity index (χ0v) is 11.5. The Morgan fingerprint density at radius 1 is 1.14 bits per heavy atom. The first-order valence-electron chi connectivity index (χ1n) is 6.64. The minimum Gasteiger partial charge on any atom is -0.506 e. The summed E-state index contributed by atoms with van der Waals surface area (Å²) in [6.07, 6.45) is -1.04. The lowest BCUT2D eigenvalue weighted by molar-refractivity contribution is -0.0979. The molecule has 1 heterocycles. The highest BCUT2D eigenvalue weighted by Gasteiger charge is 2.13. The number of ether oxygens (including phenoxy) is 1. The van der Waals surface area contributed by atoms with Gasteiger partial charge in [0, 0.05) is 12.2 Å². The third-order valence-electron chi connectivity index (χ3n) is 3.11. The Kier molecular flexibility index (Phi) is 3.55. The number of hydrogen-bond donors (Lipinski definition) is 2. The Balaban J connectivity index is 2.06. The van der Waals surface area contributed by atoms with Crippen molar-refractivity contribution in [3.8, 4) is 11.4 Å². The van der Waals surface area contributed by atoms with Crippen LogP contribution >= 0.6 is 0 Å². The average molecular weight is 285 g/mol. The van der Waals surface area contributed by atoms with E-state index in [-0.39, 0.29) is 5.75 Å². The van der Waals surface area contributed by atoms with Gasteiger partial charge in [0.1, 0.15) is 22.5 Å². The van der Waals surface area contributed by atoms with Crippen LogP contribution in [0.15, 0.2) is 42.5 Å². The summed E-state index contributed by atoms with van der Waals surface area (Å²) in [6.45, 7) is 2.19. The van der Waals surface area contributed by atoms with Gasteiger partial charge >= 0.3 is 0 Å². The van der Waals surface area contributed by atoms with E-state index in [9.17, 15) is 10.2 Å². The van der Waals surface area contributed by atoms with E-state index < -0.39 is 6.29 Å². The quantitative estimate of drug-likeness (QED) is 0.718. The second-order valence-corrected chi connectivity index (χ2v) is 4.53. The Hall–Kier alpha value is -2.44. The van der Waals surface area contributed by atoms with Crippen LogP contribution < -0.4 is 0 Å². The molecule has 0 aliphatic heterocycles. The minimum absolute atomic E-state index is 0.0303. The largest absolute Gasteiger partial charge is 0.506 e. The van der Waals surface area contributed by atoms with Crippen molar-refractivity contribution in [1.29, 1.82) is 0 Å². The maximum absolute atomic E-state index is 10.0. The lowest BCUT2D eigenvalue weighted by atomic mass is 10.2. The average Bonchev–Trinajstić information content (AvgIpc) is 2.91. The molecule has 0 spiro atoms. The van der Waals surface area contributed by atoms with Gasteiger partial charge in [-0.2, -0.15) is 0 Å². The maximum Gasteiger partial charge on any atom is 0.181 e. The summed E-state index contributed by atoms with van der Waals surface area (Å²) in [5.41, 5.74) is 2.38. The zero-order chi connectivity index (χ0) is 14.8. The molecule has 0 aliphatic rings. The maximum atomic E-state index is 10.0. The second kappa shape index (κ2) is 5.51. The predicted octanol–water partition coefficient (Wildman–Crippen LogP) is 2.15. The van der Waals surface area contributed by atoms with Crippen LogP contribution in [0.2, 0.25) is 0 Å². The Morgan fingerprint density at radius 3 is 2.43 bits per heavy atom. The smallest absolute Gasteiger partial charge is 0.181 e. The summed E-state index contributed by atoms with van der Waals surface area (Å²) in [4.78, 5) is 1.35. The number of hydrogen-bond acceptors (Lipinski definition) is 5. The number of fused-ring (bicyclic) bond motifs is 1. The van der Waals surface area contributed by atoms with Crippen LogP contribution in [0.4, 0.5) is 0 Å². The van der Waals surface area contributed by atoms with Crippen LogP contribution in [0.25, 0.3) is 16.7 Å². The summed E-state index contributed by atoms with van der Waals surface area (Å²) >= 11 is 0. The Bertz CT molecular complexity index is 737. The molecule has 0 fully saturated rings. The standard InChI is InChI=1S/C15H15N3O3/c1-2-21-15(20)10-7-8-14(19)13(9-10)18-16-11-5-3-4-6-12(11)17-18/h3-9,15,19-20H,2H2,1H3. The van der Waals surface area contributed by atoms with E-state index in [1.54, 1.807) is 19.1 Å². The van der Waals surface area contributed by atoms with E-state index in [2.05, 4.69) is 10.2 Å². The summed E-state index contributed by atoms with van der Waals surface area (Å²) < 4.78 is 5.14. The van der Waals surface area contributed by atoms with Gasteiger partial charge < -0.3 is 14.9 Å². The molecule has 0 aliphatic carbocycles. The van der Waals surface area contributed by atoms with Crippen LogP contribution in [-0.2, 0) is 4.74 Å². The molecule has 0 saturated heterocycles.